The molecule has 0 bridgehead atoms. The molecule has 0 saturated carbocycles. The van der Waals surface area contributed by atoms with E-state index in [1.165, 1.54) is 16.7 Å². The molecule has 1 unspecified atom stereocenters. The third-order valence-corrected chi connectivity index (χ3v) is 6.74. The molecule has 3 rings (SSSR count). The second-order valence-electron chi connectivity index (χ2n) is 6.88. The molecule has 162 valence electrons. The molecule has 0 aromatic carbocycles. The van der Waals surface area contributed by atoms with Crippen molar-refractivity contribution in [2.45, 2.75) is 36.1 Å². The van der Waals surface area contributed by atoms with Crippen molar-refractivity contribution in [2.75, 3.05) is 17.3 Å². The zero-order valence-corrected chi connectivity index (χ0v) is 17.4. The van der Waals surface area contributed by atoms with Crippen molar-refractivity contribution in [3.63, 3.8) is 0 Å². The Balaban J connectivity index is 1.43. The lowest BCUT2D eigenvalue weighted by Gasteiger charge is -2.43. The minimum absolute atomic E-state index is 0.290. The molecule has 2 saturated heterocycles. The molecule has 3 heterocycles. The second-order valence-corrected chi connectivity index (χ2v) is 9.51. The van der Waals surface area contributed by atoms with E-state index in [9.17, 15) is 29.1 Å². The molecule has 30 heavy (non-hydrogen) atoms. The molecule has 2 aliphatic rings. The Bertz CT molecular complexity index is 891. The molecule has 1 aromatic heterocycles. The molecule has 13 nitrogen and oxygen atoms in total. The molecule has 0 aliphatic carbocycles. The summed E-state index contributed by atoms with van der Waals surface area (Å²) >= 11 is 2.45. The Kier molecular flexibility index (Phi) is 6.02. The number of carboxylic acid groups (broad SMARTS) is 1. The quantitative estimate of drug-likeness (QED) is 0.161. The zero-order chi connectivity index (χ0) is 22.1. The summed E-state index contributed by atoms with van der Waals surface area (Å²) in [4.78, 5) is 63.2. The van der Waals surface area contributed by atoms with E-state index in [-0.39, 0.29) is 5.82 Å². The summed E-state index contributed by atoms with van der Waals surface area (Å²) in [5.74, 6) is -1.86. The van der Waals surface area contributed by atoms with Crippen molar-refractivity contribution in [3.05, 3.63) is 5.38 Å². The number of amides is 5. The van der Waals surface area contributed by atoms with Gasteiger partial charge in [0.25, 0.3) is 0 Å². The third kappa shape index (κ3) is 4.25. The first-order valence-corrected chi connectivity index (χ1v) is 10.4. The van der Waals surface area contributed by atoms with Crippen LogP contribution < -0.4 is 26.8 Å². The third-order valence-electron chi connectivity index (χ3n) is 4.39. The second kappa shape index (κ2) is 8.35. The van der Waals surface area contributed by atoms with Crippen LogP contribution in [0.15, 0.2) is 5.38 Å². The first-order chi connectivity index (χ1) is 14.1. The highest BCUT2D eigenvalue weighted by Gasteiger charge is 2.64. The van der Waals surface area contributed by atoms with E-state index in [1.54, 1.807) is 19.2 Å². The highest BCUT2D eigenvalue weighted by molar-refractivity contribution is 8.01. The Hall–Kier alpha value is -3.07. The number of fused-ring (bicyclic) bond motifs is 1. The molecular formula is C15H19N7O6S2. The molecule has 6 N–H and O–H groups in total. The van der Waals surface area contributed by atoms with E-state index in [1.807, 2.05) is 0 Å². The first-order valence-electron chi connectivity index (χ1n) is 8.62. The number of carboxylic acids is 1. The van der Waals surface area contributed by atoms with Crippen molar-refractivity contribution in [3.8, 4) is 0 Å². The van der Waals surface area contributed by atoms with Crippen LogP contribution in [0.4, 0.5) is 15.7 Å². The summed E-state index contributed by atoms with van der Waals surface area (Å²) < 4.78 is -0.688. The van der Waals surface area contributed by atoms with E-state index in [2.05, 4.69) is 31.8 Å². The number of urea groups is 1. The summed E-state index contributed by atoms with van der Waals surface area (Å²) in [6.45, 7) is 3.08. The number of anilines is 2. The fourth-order valence-corrected chi connectivity index (χ4v) is 5.37. The van der Waals surface area contributed by atoms with Crippen LogP contribution in [0.1, 0.15) is 13.8 Å². The molecule has 15 heteroatoms. The number of β-lactam (4-membered cyclic amide) rings is 1. The van der Waals surface area contributed by atoms with E-state index < -0.39 is 52.6 Å². The van der Waals surface area contributed by atoms with Gasteiger partial charge in [-0.15, -0.1) is 23.1 Å². The van der Waals surface area contributed by atoms with Crippen molar-refractivity contribution >= 4 is 64.3 Å². The lowest BCUT2D eigenvalue weighted by Crippen LogP contribution is -2.71. The predicted octanol–water partition coefficient (Wildman–Crippen LogP) is -1.03. The van der Waals surface area contributed by atoms with Gasteiger partial charge in [0, 0.05) is 10.1 Å². The zero-order valence-electron chi connectivity index (χ0n) is 15.8. The standard InChI is InChI=1S/C15H19N7O6S2/c1-15(2)9(12(26)27)22-10(25)8(11(22)30-15)19-7(24)3-16-13(28)21-20-6-4-29-14(18-6)17-5-23/h4-5,8-9,11,20H,3H2,1-2H3,(H,19,24)(H,26,27)(H2,16,21,28)(H,17,18,23)/t8?,9-,11+/m0/s1. The topological polar surface area (TPSA) is 182 Å². The Morgan fingerprint density at radius 3 is 2.77 bits per heavy atom. The van der Waals surface area contributed by atoms with Crippen LogP contribution in [0.3, 0.4) is 0 Å². The highest BCUT2D eigenvalue weighted by Crippen LogP contribution is 2.50. The number of nitrogens with one attached hydrogen (secondary N) is 5. The highest BCUT2D eigenvalue weighted by atomic mass is 32.2. The Morgan fingerprint density at radius 2 is 2.10 bits per heavy atom. The van der Waals surface area contributed by atoms with E-state index in [0.717, 1.165) is 11.3 Å². The largest absolute Gasteiger partial charge is 0.480 e. The number of carbonyl (C=O) groups excluding carboxylic acids is 4. The van der Waals surface area contributed by atoms with Crippen LogP contribution in [-0.2, 0) is 19.2 Å². The minimum atomic E-state index is -1.09. The summed E-state index contributed by atoms with van der Waals surface area (Å²) in [5.41, 5.74) is 4.77. The Labute approximate surface area is 178 Å². The van der Waals surface area contributed by atoms with Gasteiger partial charge in [-0.1, -0.05) is 0 Å². The molecular weight excluding hydrogens is 438 g/mol. The van der Waals surface area contributed by atoms with Gasteiger partial charge in [-0.25, -0.2) is 14.6 Å². The van der Waals surface area contributed by atoms with Gasteiger partial charge in [0.1, 0.15) is 17.5 Å². The van der Waals surface area contributed by atoms with Crippen LogP contribution in [0.2, 0.25) is 0 Å². The lowest BCUT2D eigenvalue weighted by molar-refractivity contribution is -0.161. The summed E-state index contributed by atoms with van der Waals surface area (Å²) in [7, 11) is 0. The SMILES string of the molecule is CC1(C)S[C@@H]2C(NC(=O)CNC(=O)NNc3csc(NC=O)n3)C(=O)N2[C@H]1C(=O)O. The smallest absolute Gasteiger partial charge is 0.333 e. The number of thioether (sulfide) groups is 1. The van der Waals surface area contributed by atoms with E-state index in [0.29, 0.717) is 11.5 Å². The molecule has 0 spiro atoms. The number of rotatable bonds is 8. The van der Waals surface area contributed by atoms with Gasteiger partial charge >= 0.3 is 12.0 Å². The van der Waals surface area contributed by atoms with Gasteiger partial charge in [0.2, 0.25) is 18.2 Å². The summed E-state index contributed by atoms with van der Waals surface area (Å²) in [6.07, 6.45) is 0.473. The predicted molar refractivity (Wildman–Crippen MR) is 108 cm³/mol. The normalized spacial score (nSPS) is 23.6. The van der Waals surface area contributed by atoms with Gasteiger partial charge in [-0.05, 0) is 13.8 Å². The lowest BCUT2D eigenvalue weighted by atomic mass is 9.96. The van der Waals surface area contributed by atoms with Gasteiger partial charge in [0.05, 0.1) is 6.54 Å². The van der Waals surface area contributed by atoms with Gasteiger partial charge in [-0.3, -0.25) is 25.2 Å². The average Bonchev–Trinajstić information content (AvgIpc) is 3.22. The van der Waals surface area contributed by atoms with Crippen LogP contribution in [0.25, 0.3) is 0 Å². The van der Waals surface area contributed by atoms with Crippen LogP contribution >= 0.6 is 23.1 Å². The maximum atomic E-state index is 12.3. The molecule has 5 amide bonds. The van der Waals surface area contributed by atoms with Crippen molar-refractivity contribution in [1.82, 2.24) is 25.9 Å². The number of hydrogen-bond acceptors (Lipinski definition) is 9. The monoisotopic (exact) mass is 457 g/mol. The number of nitrogens with zero attached hydrogens (tertiary/aromatic N) is 2. The van der Waals surface area contributed by atoms with Crippen LogP contribution in [0, 0.1) is 0 Å². The maximum absolute atomic E-state index is 12.3. The van der Waals surface area contributed by atoms with Crippen LogP contribution in [-0.4, -0.2) is 74.0 Å². The van der Waals surface area contributed by atoms with Crippen molar-refractivity contribution < 1.29 is 29.1 Å². The number of thiazole rings is 1. The van der Waals surface area contributed by atoms with Gasteiger partial charge < -0.3 is 26.0 Å². The van der Waals surface area contributed by atoms with E-state index >= 15 is 0 Å². The fourth-order valence-electron chi connectivity index (χ4n) is 3.14. The first kappa shape index (κ1) is 21.6. The Morgan fingerprint density at radius 1 is 1.37 bits per heavy atom. The van der Waals surface area contributed by atoms with E-state index in [4.69, 9.17) is 0 Å². The van der Waals surface area contributed by atoms with Crippen molar-refractivity contribution in [1.29, 1.82) is 0 Å². The molecule has 2 aliphatic heterocycles. The number of hydrazine groups is 1. The fraction of sp³-hybridized carbons (Fsp3) is 0.467. The molecule has 0 radical (unpaired) electrons. The minimum Gasteiger partial charge on any atom is -0.480 e. The number of carbonyl (C=O) groups is 5. The number of aliphatic carboxylic acids is 1. The summed E-state index contributed by atoms with van der Waals surface area (Å²) in [6, 6.07) is -2.52. The number of hydrogen-bond donors (Lipinski definition) is 6. The molecule has 2 fully saturated rings. The van der Waals surface area contributed by atoms with Gasteiger partial charge in [-0.2, -0.15) is 0 Å². The van der Waals surface area contributed by atoms with Crippen LogP contribution in [0.5, 0.6) is 0 Å². The number of aromatic nitrogens is 1. The van der Waals surface area contributed by atoms with Gasteiger partial charge in [0.15, 0.2) is 10.9 Å². The summed E-state index contributed by atoms with van der Waals surface area (Å²) in [5, 5.41) is 18.0. The van der Waals surface area contributed by atoms with Crippen molar-refractivity contribution in [2.24, 2.45) is 0 Å². The average molecular weight is 457 g/mol. The maximum Gasteiger partial charge on any atom is 0.333 e. The molecule has 1 aromatic rings. The molecule has 3 atom stereocenters.